The highest BCUT2D eigenvalue weighted by Crippen LogP contribution is 2.26. The van der Waals surface area contributed by atoms with Crippen molar-refractivity contribution >= 4 is 22.8 Å². The van der Waals surface area contributed by atoms with Crippen LogP contribution in [0.4, 0.5) is 4.39 Å². The van der Waals surface area contributed by atoms with Crippen LogP contribution in [0, 0.1) is 5.82 Å². The molecule has 0 fully saturated rings. The lowest BCUT2D eigenvalue weighted by Crippen LogP contribution is -2.11. The second-order valence-electron chi connectivity index (χ2n) is 3.65. The Balaban J connectivity index is 2.58. The van der Waals surface area contributed by atoms with Gasteiger partial charge in [-0.05, 0) is 12.1 Å². The van der Waals surface area contributed by atoms with Crippen LogP contribution in [0.5, 0.6) is 5.75 Å². The van der Waals surface area contributed by atoms with Crippen molar-refractivity contribution in [2.24, 2.45) is 0 Å². The fraction of sp³-hybridized carbons (Fsp3) is 0.0833. The Morgan fingerprint density at radius 3 is 2.63 bits per heavy atom. The van der Waals surface area contributed by atoms with Crippen molar-refractivity contribution in [2.45, 2.75) is 0 Å². The summed E-state index contributed by atoms with van der Waals surface area (Å²) in [5.41, 5.74) is -0.265. The Kier molecular flexibility index (Phi) is 3.28. The number of carboxylic acids is 2. The van der Waals surface area contributed by atoms with Crippen LogP contribution >= 0.6 is 0 Å². The number of rotatable bonds is 4. The Labute approximate surface area is 106 Å². The fourth-order valence-electron chi connectivity index (χ4n) is 1.54. The van der Waals surface area contributed by atoms with E-state index >= 15 is 0 Å². The first-order valence-corrected chi connectivity index (χ1v) is 5.15. The molecule has 7 heteroatoms. The van der Waals surface area contributed by atoms with E-state index in [2.05, 4.69) is 4.98 Å². The molecular weight excluding hydrogens is 257 g/mol. The third-order valence-corrected chi connectivity index (χ3v) is 2.30. The van der Waals surface area contributed by atoms with Crippen molar-refractivity contribution in [3.05, 3.63) is 35.8 Å². The normalized spacial score (nSPS) is 10.4. The summed E-state index contributed by atoms with van der Waals surface area (Å²) in [5.74, 6) is -3.06. The highest BCUT2D eigenvalue weighted by atomic mass is 19.1. The van der Waals surface area contributed by atoms with Crippen LogP contribution < -0.4 is 4.74 Å². The van der Waals surface area contributed by atoms with E-state index in [0.29, 0.717) is 5.39 Å². The lowest BCUT2D eigenvalue weighted by Gasteiger charge is -2.08. The van der Waals surface area contributed by atoms with E-state index in [4.69, 9.17) is 14.9 Å². The van der Waals surface area contributed by atoms with Crippen molar-refractivity contribution in [1.29, 1.82) is 0 Å². The highest BCUT2D eigenvalue weighted by molar-refractivity contribution is 5.93. The molecule has 2 aromatic rings. The standard InChI is InChI=1S/C12H8FNO5/c13-6-1-2-7-8(3-6)14-9(12(17)18)4-10(7)19-5-11(15)16/h1-4H,5H2,(H,15,16)(H,17,18). The summed E-state index contributed by atoms with van der Waals surface area (Å²) in [7, 11) is 0. The lowest BCUT2D eigenvalue weighted by atomic mass is 10.1. The molecule has 0 saturated carbocycles. The summed E-state index contributed by atoms with van der Waals surface area (Å²) in [4.78, 5) is 25.1. The van der Waals surface area contributed by atoms with Crippen molar-refractivity contribution in [2.75, 3.05) is 6.61 Å². The van der Waals surface area contributed by atoms with Crippen molar-refractivity contribution < 1.29 is 28.9 Å². The Bertz CT molecular complexity index is 670. The summed E-state index contributed by atoms with van der Waals surface area (Å²) >= 11 is 0. The maximum atomic E-state index is 13.1. The molecule has 0 unspecified atom stereocenters. The average molecular weight is 265 g/mol. The topological polar surface area (TPSA) is 96.7 Å². The minimum Gasteiger partial charge on any atom is -0.481 e. The van der Waals surface area contributed by atoms with Crippen molar-refractivity contribution in [3.63, 3.8) is 0 Å². The van der Waals surface area contributed by atoms with E-state index in [0.717, 1.165) is 18.2 Å². The molecule has 0 radical (unpaired) electrons. The van der Waals surface area contributed by atoms with E-state index in [1.165, 1.54) is 6.07 Å². The van der Waals surface area contributed by atoms with Crippen LogP contribution in [-0.4, -0.2) is 33.7 Å². The number of carbonyl (C=O) groups is 2. The Hall–Kier alpha value is -2.70. The zero-order chi connectivity index (χ0) is 14.0. The van der Waals surface area contributed by atoms with Gasteiger partial charge in [-0.15, -0.1) is 0 Å². The van der Waals surface area contributed by atoms with Gasteiger partial charge in [0, 0.05) is 17.5 Å². The third-order valence-electron chi connectivity index (χ3n) is 2.30. The zero-order valence-corrected chi connectivity index (χ0v) is 9.46. The second kappa shape index (κ2) is 4.89. The average Bonchev–Trinajstić information content (AvgIpc) is 2.34. The molecule has 0 bridgehead atoms. The SMILES string of the molecule is O=C(O)COc1cc(C(=O)O)nc2cc(F)ccc12. The van der Waals surface area contributed by atoms with Gasteiger partial charge < -0.3 is 14.9 Å². The van der Waals surface area contributed by atoms with Crippen LogP contribution in [0.2, 0.25) is 0 Å². The fourth-order valence-corrected chi connectivity index (χ4v) is 1.54. The summed E-state index contributed by atoms with van der Waals surface area (Å²) in [6.45, 7) is -0.629. The van der Waals surface area contributed by atoms with Gasteiger partial charge in [-0.2, -0.15) is 0 Å². The van der Waals surface area contributed by atoms with Gasteiger partial charge in [0.1, 0.15) is 11.6 Å². The number of hydrogen-bond acceptors (Lipinski definition) is 4. The molecule has 0 aliphatic carbocycles. The molecule has 0 aliphatic heterocycles. The van der Waals surface area contributed by atoms with Gasteiger partial charge in [0.2, 0.25) is 0 Å². The van der Waals surface area contributed by atoms with Gasteiger partial charge in [0.15, 0.2) is 12.3 Å². The van der Waals surface area contributed by atoms with Gasteiger partial charge in [-0.1, -0.05) is 0 Å². The number of benzene rings is 1. The largest absolute Gasteiger partial charge is 0.481 e. The van der Waals surface area contributed by atoms with Gasteiger partial charge in [-0.3, -0.25) is 0 Å². The minimum absolute atomic E-state index is 0.0322. The molecule has 2 N–H and O–H groups in total. The number of nitrogens with zero attached hydrogens (tertiary/aromatic N) is 1. The van der Waals surface area contributed by atoms with Crippen LogP contribution in [0.25, 0.3) is 10.9 Å². The first kappa shape index (κ1) is 12.7. The number of halogens is 1. The Morgan fingerprint density at radius 1 is 1.26 bits per heavy atom. The number of aliphatic carboxylic acids is 1. The van der Waals surface area contributed by atoms with Crippen LogP contribution in [0.1, 0.15) is 10.5 Å². The van der Waals surface area contributed by atoms with E-state index in [-0.39, 0.29) is 17.0 Å². The first-order chi connectivity index (χ1) is 8.97. The number of aromatic carboxylic acids is 1. The van der Waals surface area contributed by atoms with Gasteiger partial charge in [0.05, 0.1) is 5.52 Å². The molecule has 0 aliphatic rings. The first-order valence-electron chi connectivity index (χ1n) is 5.15. The van der Waals surface area contributed by atoms with E-state index in [9.17, 15) is 14.0 Å². The van der Waals surface area contributed by atoms with Crippen LogP contribution in [-0.2, 0) is 4.79 Å². The maximum Gasteiger partial charge on any atom is 0.354 e. The third kappa shape index (κ3) is 2.76. The van der Waals surface area contributed by atoms with Crippen LogP contribution in [0.15, 0.2) is 24.3 Å². The number of pyridine rings is 1. The van der Waals surface area contributed by atoms with E-state index in [1.807, 2.05) is 0 Å². The molecule has 1 aromatic heterocycles. The molecule has 0 atom stereocenters. The predicted octanol–water partition coefficient (Wildman–Crippen LogP) is 1.54. The van der Waals surface area contributed by atoms with Gasteiger partial charge >= 0.3 is 11.9 Å². The maximum absolute atomic E-state index is 13.1. The lowest BCUT2D eigenvalue weighted by molar-refractivity contribution is -0.139. The van der Waals surface area contributed by atoms with Crippen LogP contribution in [0.3, 0.4) is 0 Å². The van der Waals surface area contributed by atoms with Crippen molar-refractivity contribution in [1.82, 2.24) is 4.98 Å². The van der Waals surface area contributed by atoms with E-state index < -0.39 is 24.4 Å². The molecule has 1 aromatic carbocycles. The highest BCUT2D eigenvalue weighted by Gasteiger charge is 2.13. The quantitative estimate of drug-likeness (QED) is 0.870. The molecule has 1 heterocycles. The molecule has 2 rings (SSSR count). The van der Waals surface area contributed by atoms with Gasteiger partial charge in [0.25, 0.3) is 0 Å². The zero-order valence-electron chi connectivity index (χ0n) is 9.46. The predicted molar refractivity (Wildman–Crippen MR) is 61.8 cm³/mol. The number of aromatic nitrogens is 1. The van der Waals surface area contributed by atoms with Gasteiger partial charge in [-0.25, -0.2) is 19.0 Å². The molecule has 19 heavy (non-hydrogen) atoms. The molecule has 0 amide bonds. The molecule has 6 nitrogen and oxygen atoms in total. The molecule has 98 valence electrons. The second-order valence-corrected chi connectivity index (χ2v) is 3.65. The summed E-state index contributed by atoms with van der Waals surface area (Å²) in [5, 5.41) is 17.8. The summed E-state index contributed by atoms with van der Waals surface area (Å²) in [6.07, 6.45) is 0. The number of fused-ring (bicyclic) bond motifs is 1. The summed E-state index contributed by atoms with van der Waals surface area (Å²) < 4.78 is 18.1. The van der Waals surface area contributed by atoms with Crippen molar-refractivity contribution in [3.8, 4) is 5.75 Å². The number of carboxylic acid groups (broad SMARTS) is 2. The monoisotopic (exact) mass is 265 g/mol. The minimum atomic E-state index is -1.31. The smallest absolute Gasteiger partial charge is 0.354 e. The Morgan fingerprint density at radius 2 is 2.00 bits per heavy atom. The van der Waals surface area contributed by atoms with E-state index in [1.54, 1.807) is 0 Å². The molecule has 0 saturated heterocycles. The molecule has 0 spiro atoms. The number of ether oxygens (including phenoxy) is 1. The summed E-state index contributed by atoms with van der Waals surface area (Å²) in [6, 6.07) is 4.65. The number of hydrogen-bond donors (Lipinski definition) is 2. The molecular formula is C12H8FNO5.